The van der Waals surface area contributed by atoms with Crippen LogP contribution in [0, 0.1) is 6.92 Å². The van der Waals surface area contributed by atoms with Gasteiger partial charge in [0.25, 0.3) is 5.56 Å². The molecule has 0 fully saturated rings. The number of rotatable bonds is 1. The molecule has 0 bridgehead atoms. The first-order chi connectivity index (χ1) is 7.08. The Kier molecular flexibility index (Phi) is 2.26. The summed E-state index contributed by atoms with van der Waals surface area (Å²) < 4.78 is 1.35. The highest BCUT2D eigenvalue weighted by Gasteiger charge is 2.04. The van der Waals surface area contributed by atoms with Crippen molar-refractivity contribution in [2.45, 2.75) is 26.7 Å². The summed E-state index contributed by atoms with van der Waals surface area (Å²) in [4.78, 5) is 15.9. The smallest absolute Gasteiger partial charge is 0.267 e. The van der Waals surface area contributed by atoms with Gasteiger partial charge in [-0.15, -0.1) is 0 Å². The summed E-state index contributed by atoms with van der Waals surface area (Å²) in [7, 11) is 0. The van der Waals surface area contributed by atoms with Gasteiger partial charge in [-0.2, -0.15) is 9.61 Å². The molecule has 78 valence electrons. The summed E-state index contributed by atoms with van der Waals surface area (Å²) in [5, 5.41) is 4.26. The maximum Gasteiger partial charge on any atom is 0.274 e. The lowest BCUT2D eigenvalue weighted by Crippen LogP contribution is -2.18. The van der Waals surface area contributed by atoms with Crippen molar-refractivity contribution in [1.82, 2.24) is 14.6 Å². The van der Waals surface area contributed by atoms with Crippen LogP contribution in [0.25, 0.3) is 5.65 Å². The van der Waals surface area contributed by atoms with Crippen molar-refractivity contribution in [2.75, 3.05) is 0 Å². The van der Waals surface area contributed by atoms with Crippen LogP contribution in [0.3, 0.4) is 0 Å². The lowest BCUT2D eigenvalue weighted by molar-refractivity contribution is 0.742. The number of hydrogen-bond donors (Lipinski definition) is 0. The van der Waals surface area contributed by atoms with Crippen LogP contribution in [0.15, 0.2) is 23.0 Å². The third-order valence-electron chi connectivity index (χ3n) is 2.26. The van der Waals surface area contributed by atoms with Crippen LogP contribution in [0.2, 0.25) is 0 Å². The van der Waals surface area contributed by atoms with E-state index in [2.05, 4.69) is 10.1 Å². The Morgan fingerprint density at radius 2 is 2.07 bits per heavy atom. The van der Waals surface area contributed by atoms with Gasteiger partial charge in [0.15, 0.2) is 5.65 Å². The highest BCUT2D eigenvalue weighted by atomic mass is 16.1. The van der Waals surface area contributed by atoms with Gasteiger partial charge in [-0.25, -0.2) is 4.98 Å². The lowest BCUT2D eigenvalue weighted by Gasteiger charge is -2.06. The third kappa shape index (κ3) is 1.75. The third-order valence-corrected chi connectivity index (χ3v) is 2.26. The normalized spacial score (nSPS) is 11.2. The van der Waals surface area contributed by atoms with Crippen LogP contribution in [-0.4, -0.2) is 14.6 Å². The predicted molar refractivity (Wildman–Crippen MR) is 58.1 cm³/mol. The maximum absolute atomic E-state index is 11.6. The Morgan fingerprint density at radius 1 is 1.33 bits per heavy atom. The maximum atomic E-state index is 11.6. The Balaban J connectivity index is 2.77. The van der Waals surface area contributed by atoms with Gasteiger partial charge in [0.2, 0.25) is 0 Å². The fourth-order valence-electron chi connectivity index (χ4n) is 1.44. The second-order valence-corrected chi connectivity index (χ2v) is 3.92. The topological polar surface area (TPSA) is 47.3 Å². The fraction of sp³-hybridized carbons (Fsp3) is 0.364. The molecule has 0 aliphatic rings. The van der Waals surface area contributed by atoms with Crippen molar-refractivity contribution in [3.63, 3.8) is 0 Å². The molecule has 0 saturated carbocycles. The van der Waals surface area contributed by atoms with Gasteiger partial charge in [-0.05, 0) is 25.0 Å². The lowest BCUT2D eigenvalue weighted by atomic mass is 10.1. The first-order valence-corrected chi connectivity index (χ1v) is 4.95. The second-order valence-electron chi connectivity index (χ2n) is 3.92. The zero-order valence-corrected chi connectivity index (χ0v) is 9.06. The molecular weight excluding hydrogens is 190 g/mol. The quantitative estimate of drug-likeness (QED) is 0.706. The molecule has 0 atom stereocenters. The Labute approximate surface area is 87.6 Å². The van der Waals surface area contributed by atoms with Crippen LogP contribution < -0.4 is 5.56 Å². The average molecular weight is 203 g/mol. The Hall–Kier alpha value is -1.71. The molecular formula is C11H13N3O. The Bertz CT molecular complexity index is 557. The van der Waals surface area contributed by atoms with E-state index in [4.69, 9.17) is 0 Å². The predicted octanol–water partition coefficient (Wildman–Crippen LogP) is 1.52. The molecule has 0 unspecified atom stereocenters. The van der Waals surface area contributed by atoms with E-state index in [1.807, 2.05) is 26.0 Å². The van der Waals surface area contributed by atoms with Crippen LogP contribution >= 0.6 is 0 Å². The van der Waals surface area contributed by atoms with E-state index in [1.54, 1.807) is 6.92 Å². The first kappa shape index (κ1) is 9.83. The highest BCUT2D eigenvalue weighted by molar-refractivity contribution is 5.37. The van der Waals surface area contributed by atoms with Crippen molar-refractivity contribution in [3.05, 3.63) is 39.9 Å². The van der Waals surface area contributed by atoms with Crippen molar-refractivity contribution in [3.8, 4) is 0 Å². The monoisotopic (exact) mass is 203 g/mol. The van der Waals surface area contributed by atoms with Crippen LogP contribution in [0.4, 0.5) is 0 Å². The molecule has 15 heavy (non-hydrogen) atoms. The summed E-state index contributed by atoms with van der Waals surface area (Å²) >= 11 is 0. The number of fused-ring (bicyclic) bond motifs is 1. The minimum Gasteiger partial charge on any atom is -0.267 e. The number of aryl methyl sites for hydroxylation is 1. The van der Waals surface area contributed by atoms with Crippen LogP contribution in [-0.2, 0) is 0 Å². The number of aromatic nitrogens is 3. The van der Waals surface area contributed by atoms with Gasteiger partial charge in [0.05, 0.1) is 5.69 Å². The first-order valence-electron chi connectivity index (χ1n) is 4.95. The van der Waals surface area contributed by atoms with E-state index in [9.17, 15) is 4.79 Å². The molecule has 0 aliphatic heterocycles. The highest BCUT2D eigenvalue weighted by Crippen LogP contribution is 2.10. The van der Waals surface area contributed by atoms with E-state index in [1.165, 1.54) is 10.6 Å². The molecule has 4 heteroatoms. The molecule has 2 rings (SSSR count). The van der Waals surface area contributed by atoms with Crippen LogP contribution in [0.5, 0.6) is 0 Å². The van der Waals surface area contributed by atoms with Crippen molar-refractivity contribution >= 4 is 5.65 Å². The van der Waals surface area contributed by atoms with Crippen molar-refractivity contribution in [2.24, 2.45) is 0 Å². The SMILES string of the molecule is Cc1cc(=O)n2nc(C(C)C)ccc2n1. The molecule has 4 nitrogen and oxygen atoms in total. The molecule has 0 N–H and O–H groups in total. The van der Waals surface area contributed by atoms with E-state index in [-0.39, 0.29) is 5.56 Å². The molecule has 0 spiro atoms. The zero-order valence-electron chi connectivity index (χ0n) is 9.06. The van der Waals surface area contributed by atoms with E-state index < -0.39 is 0 Å². The standard InChI is InChI=1S/C11H13N3O/c1-7(2)9-4-5-10-12-8(3)6-11(15)14(10)13-9/h4-7H,1-3H3. The fourth-order valence-corrected chi connectivity index (χ4v) is 1.44. The zero-order chi connectivity index (χ0) is 11.0. The van der Waals surface area contributed by atoms with Crippen LogP contribution in [0.1, 0.15) is 31.2 Å². The molecule has 0 saturated heterocycles. The second kappa shape index (κ2) is 3.46. The molecule has 0 amide bonds. The molecule has 2 aromatic rings. The average Bonchev–Trinajstić information content (AvgIpc) is 2.16. The van der Waals surface area contributed by atoms with Gasteiger partial charge in [-0.1, -0.05) is 13.8 Å². The summed E-state index contributed by atoms with van der Waals surface area (Å²) in [5.41, 5.74) is 2.10. The molecule has 0 radical (unpaired) electrons. The van der Waals surface area contributed by atoms with Gasteiger partial charge in [0.1, 0.15) is 0 Å². The van der Waals surface area contributed by atoms with Gasteiger partial charge >= 0.3 is 0 Å². The summed E-state index contributed by atoms with van der Waals surface area (Å²) in [5.74, 6) is 0.308. The van der Waals surface area contributed by atoms with Gasteiger partial charge in [-0.3, -0.25) is 4.79 Å². The largest absolute Gasteiger partial charge is 0.274 e. The summed E-state index contributed by atoms with van der Waals surface area (Å²) in [6.07, 6.45) is 0. The minimum absolute atomic E-state index is 0.125. The van der Waals surface area contributed by atoms with Gasteiger partial charge < -0.3 is 0 Å². The van der Waals surface area contributed by atoms with E-state index in [0.717, 1.165) is 11.4 Å². The molecule has 2 aromatic heterocycles. The van der Waals surface area contributed by atoms with Crippen molar-refractivity contribution in [1.29, 1.82) is 0 Å². The van der Waals surface area contributed by atoms with Crippen molar-refractivity contribution < 1.29 is 0 Å². The Morgan fingerprint density at radius 3 is 2.73 bits per heavy atom. The van der Waals surface area contributed by atoms with E-state index >= 15 is 0 Å². The number of nitrogens with zero attached hydrogens (tertiary/aromatic N) is 3. The van der Waals surface area contributed by atoms with E-state index in [0.29, 0.717) is 11.6 Å². The van der Waals surface area contributed by atoms with Gasteiger partial charge in [0, 0.05) is 11.8 Å². The molecule has 0 aromatic carbocycles. The molecule has 2 heterocycles. The number of hydrogen-bond acceptors (Lipinski definition) is 3. The summed E-state index contributed by atoms with van der Waals surface area (Å²) in [6.45, 7) is 5.89. The summed E-state index contributed by atoms with van der Waals surface area (Å²) in [6, 6.07) is 5.23. The minimum atomic E-state index is -0.125. The molecule has 0 aliphatic carbocycles.